The van der Waals surface area contributed by atoms with Crippen LogP contribution in [0.15, 0.2) is 64.0 Å². The van der Waals surface area contributed by atoms with Gasteiger partial charge in [-0.25, -0.2) is 14.4 Å². The van der Waals surface area contributed by atoms with Gasteiger partial charge in [0.1, 0.15) is 11.5 Å². The molecule has 0 amide bonds. The zero-order valence-corrected chi connectivity index (χ0v) is 14.0. The van der Waals surface area contributed by atoms with E-state index in [1.807, 2.05) is 35.2 Å². The van der Waals surface area contributed by atoms with Crippen molar-refractivity contribution < 1.29 is 8.81 Å². The second kappa shape index (κ2) is 7.24. The highest BCUT2D eigenvalue weighted by molar-refractivity contribution is 5.63. The summed E-state index contributed by atoms with van der Waals surface area (Å²) < 4.78 is 18.6. The van der Waals surface area contributed by atoms with E-state index in [1.165, 1.54) is 12.1 Å². The van der Waals surface area contributed by atoms with Crippen LogP contribution in [0.1, 0.15) is 22.7 Å². The molecular formula is C21H16FN3O. The summed E-state index contributed by atoms with van der Waals surface area (Å²) in [4.78, 5) is 10.7. The van der Waals surface area contributed by atoms with Crippen molar-refractivity contribution in [2.75, 3.05) is 0 Å². The van der Waals surface area contributed by atoms with Crippen molar-refractivity contribution in [2.24, 2.45) is 4.99 Å². The standard InChI is InChI=1S/C21H16FN3O/c22-18-11-9-17(10-12-18)13-25-14-19-21(23-15-25)26-20(24-19)8-4-7-16-5-2-1-3-6-16/h1-3,5-6,9-12,15H,7,13-14H2. The fourth-order valence-corrected chi connectivity index (χ4v) is 2.71. The van der Waals surface area contributed by atoms with E-state index in [-0.39, 0.29) is 5.82 Å². The summed E-state index contributed by atoms with van der Waals surface area (Å²) in [5.41, 5.74) is 2.92. The number of oxazole rings is 1. The molecule has 0 saturated heterocycles. The fraction of sp³-hybridized carbons (Fsp3) is 0.143. The van der Waals surface area contributed by atoms with Gasteiger partial charge in [-0.15, -0.1) is 0 Å². The zero-order chi connectivity index (χ0) is 17.8. The average Bonchev–Trinajstić information content (AvgIpc) is 3.06. The summed E-state index contributed by atoms with van der Waals surface area (Å²) in [5.74, 6) is 6.68. The van der Waals surface area contributed by atoms with Gasteiger partial charge in [-0.3, -0.25) is 0 Å². The van der Waals surface area contributed by atoms with E-state index in [1.54, 1.807) is 18.5 Å². The summed E-state index contributed by atoms with van der Waals surface area (Å²) in [6, 6.07) is 16.5. The maximum atomic E-state index is 13.0. The molecule has 5 heteroatoms. The van der Waals surface area contributed by atoms with Crippen molar-refractivity contribution in [2.45, 2.75) is 19.5 Å². The zero-order valence-electron chi connectivity index (χ0n) is 14.0. The van der Waals surface area contributed by atoms with Gasteiger partial charge in [0.05, 0.1) is 12.9 Å². The van der Waals surface area contributed by atoms with Crippen LogP contribution in [0.5, 0.6) is 0 Å². The Kier molecular flexibility index (Phi) is 4.48. The maximum absolute atomic E-state index is 13.0. The molecule has 26 heavy (non-hydrogen) atoms. The largest absolute Gasteiger partial charge is 0.411 e. The molecule has 1 aromatic heterocycles. The molecule has 3 aromatic rings. The summed E-state index contributed by atoms with van der Waals surface area (Å²) in [7, 11) is 0. The molecule has 0 aliphatic carbocycles. The number of rotatable bonds is 3. The topological polar surface area (TPSA) is 41.6 Å². The molecule has 1 aliphatic rings. The van der Waals surface area contributed by atoms with E-state index in [0.29, 0.717) is 31.3 Å². The van der Waals surface area contributed by atoms with Crippen LogP contribution in [-0.2, 0) is 19.5 Å². The van der Waals surface area contributed by atoms with Crippen LogP contribution < -0.4 is 0 Å². The molecule has 0 saturated carbocycles. The molecule has 2 heterocycles. The third-order valence-electron chi connectivity index (χ3n) is 4.00. The van der Waals surface area contributed by atoms with Gasteiger partial charge in [-0.1, -0.05) is 48.4 Å². The minimum Gasteiger partial charge on any atom is -0.411 e. The van der Waals surface area contributed by atoms with Crippen LogP contribution in [0.25, 0.3) is 0 Å². The van der Waals surface area contributed by atoms with Crippen LogP contribution in [-0.4, -0.2) is 16.2 Å². The molecule has 1 aliphatic heterocycles. The third-order valence-corrected chi connectivity index (χ3v) is 4.00. The van der Waals surface area contributed by atoms with Crippen LogP contribution >= 0.6 is 0 Å². The number of aromatic nitrogens is 1. The highest BCUT2D eigenvalue weighted by Crippen LogP contribution is 2.25. The van der Waals surface area contributed by atoms with Crippen LogP contribution in [0.3, 0.4) is 0 Å². The van der Waals surface area contributed by atoms with Gasteiger partial charge in [-0.2, -0.15) is 0 Å². The Hall–Kier alpha value is -3.39. The Morgan fingerprint density at radius 3 is 2.65 bits per heavy atom. The van der Waals surface area contributed by atoms with Gasteiger partial charge in [0.2, 0.25) is 5.88 Å². The quantitative estimate of drug-likeness (QED) is 0.672. The van der Waals surface area contributed by atoms with Gasteiger partial charge in [0.25, 0.3) is 5.89 Å². The van der Waals surface area contributed by atoms with Crippen LogP contribution in [0.4, 0.5) is 10.3 Å². The van der Waals surface area contributed by atoms with Gasteiger partial charge in [-0.05, 0) is 29.2 Å². The maximum Gasteiger partial charge on any atom is 0.275 e. The lowest BCUT2D eigenvalue weighted by Gasteiger charge is -2.20. The molecule has 0 bridgehead atoms. The Bertz CT molecular complexity index is 982. The highest BCUT2D eigenvalue weighted by atomic mass is 19.1. The SMILES string of the molecule is Fc1ccc(CN2C=Nc3oc(C#CCc4ccccc4)nc3C2)cc1. The van der Waals surface area contributed by atoms with E-state index >= 15 is 0 Å². The number of hydrogen-bond acceptors (Lipinski definition) is 4. The van der Waals surface area contributed by atoms with Crippen LogP contribution in [0.2, 0.25) is 0 Å². The minimum atomic E-state index is -0.237. The lowest BCUT2D eigenvalue weighted by Crippen LogP contribution is -2.23. The number of fused-ring (bicyclic) bond motifs is 1. The molecule has 0 unspecified atom stereocenters. The first-order chi connectivity index (χ1) is 12.8. The number of halogens is 1. The van der Waals surface area contributed by atoms with Crippen molar-refractivity contribution in [1.82, 2.24) is 9.88 Å². The molecule has 0 radical (unpaired) electrons. The highest BCUT2D eigenvalue weighted by Gasteiger charge is 2.18. The van der Waals surface area contributed by atoms with E-state index in [2.05, 4.69) is 21.8 Å². The average molecular weight is 345 g/mol. The number of nitrogens with zero attached hydrogens (tertiary/aromatic N) is 3. The Labute approximate surface area is 151 Å². The third kappa shape index (κ3) is 3.81. The fourth-order valence-electron chi connectivity index (χ4n) is 2.71. The van der Waals surface area contributed by atoms with Crippen molar-refractivity contribution in [3.05, 3.63) is 83.1 Å². The van der Waals surface area contributed by atoms with Crippen molar-refractivity contribution in [1.29, 1.82) is 0 Å². The molecule has 4 rings (SSSR count). The first kappa shape index (κ1) is 16.1. The molecular weight excluding hydrogens is 329 g/mol. The van der Waals surface area contributed by atoms with Crippen molar-refractivity contribution in [3.8, 4) is 11.8 Å². The molecule has 4 nitrogen and oxygen atoms in total. The predicted octanol–water partition coefficient (Wildman–Crippen LogP) is 4.08. The number of aliphatic imine (C=N–C) groups is 1. The van der Waals surface area contributed by atoms with E-state index in [9.17, 15) is 4.39 Å². The number of benzene rings is 2. The predicted molar refractivity (Wildman–Crippen MR) is 97.3 cm³/mol. The Morgan fingerprint density at radius 1 is 1.04 bits per heavy atom. The smallest absolute Gasteiger partial charge is 0.275 e. The summed E-state index contributed by atoms with van der Waals surface area (Å²) in [6.07, 6.45) is 2.37. The molecule has 0 atom stereocenters. The number of hydrogen-bond donors (Lipinski definition) is 0. The Morgan fingerprint density at radius 2 is 1.85 bits per heavy atom. The van der Waals surface area contributed by atoms with E-state index in [0.717, 1.165) is 16.8 Å². The van der Waals surface area contributed by atoms with E-state index in [4.69, 9.17) is 4.42 Å². The van der Waals surface area contributed by atoms with Gasteiger partial charge in [0, 0.05) is 13.0 Å². The lowest BCUT2D eigenvalue weighted by molar-refractivity contribution is 0.404. The van der Waals surface area contributed by atoms with Gasteiger partial charge in [0.15, 0.2) is 0 Å². The Balaban J connectivity index is 1.41. The van der Waals surface area contributed by atoms with E-state index < -0.39 is 0 Å². The molecule has 0 spiro atoms. The first-order valence-corrected chi connectivity index (χ1v) is 8.31. The van der Waals surface area contributed by atoms with Gasteiger partial charge >= 0.3 is 0 Å². The normalized spacial score (nSPS) is 12.4. The molecule has 0 N–H and O–H groups in total. The van der Waals surface area contributed by atoms with Gasteiger partial charge < -0.3 is 9.32 Å². The summed E-state index contributed by atoms with van der Waals surface area (Å²) in [5, 5.41) is 0. The second-order valence-electron chi connectivity index (χ2n) is 6.01. The summed E-state index contributed by atoms with van der Waals surface area (Å²) >= 11 is 0. The molecule has 2 aromatic carbocycles. The van der Waals surface area contributed by atoms with Crippen molar-refractivity contribution >= 4 is 12.2 Å². The molecule has 0 fully saturated rings. The monoisotopic (exact) mass is 345 g/mol. The van der Waals surface area contributed by atoms with Crippen molar-refractivity contribution in [3.63, 3.8) is 0 Å². The molecule has 128 valence electrons. The second-order valence-corrected chi connectivity index (χ2v) is 6.01. The first-order valence-electron chi connectivity index (χ1n) is 8.31. The van der Waals surface area contributed by atoms with Crippen LogP contribution in [0, 0.1) is 17.7 Å². The minimum absolute atomic E-state index is 0.237. The lowest BCUT2D eigenvalue weighted by atomic mass is 10.2. The summed E-state index contributed by atoms with van der Waals surface area (Å²) in [6.45, 7) is 1.21.